The van der Waals surface area contributed by atoms with E-state index in [0.29, 0.717) is 17.7 Å². The molecule has 0 radical (unpaired) electrons. The summed E-state index contributed by atoms with van der Waals surface area (Å²) in [7, 11) is 0. The topological polar surface area (TPSA) is 9.23 Å². The van der Waals surface area contributed by atoms with Crippen LogP contribution in [0.4, 0.5) is 26.3 Å². The monoisotopic (exact) mass is 374 g/mol. The average molecular weight is 374 g/mol. The van der Waals surface area contributed by atoms with E-state index in [4.69, 9.17) is 4.74 Å². The van der Waals surface area contributed by atoms with Crippen LogP contribution in [0.5, 0.6) is 0 Å². The van der Waals surface area contributed by atoms with Gasteiger partial charge in [0.1, 0.15) is 0 Å². The minimum atomic E-state index is -4.89. The molecule has 0 aromatic heterocycles. The number of halogens is 6. The Kier molecular flexibility index (Phi) is 5.81. The first-order chi connectivity index (χ1) is 12.0. The van der Waals surface area contributed by atoms with E-state index in [0.717, 1.165) is 5.56 Å². The second kappa shape index (κ2) is 7.53. The molecule has 0 unspecified atom stereocenters. The molecule has 2 aromatic rings. The third kappa shape index (κ3) is 5.11. The fourth-order valence-corrected chi connectivity index (χ4v) is 2.29. The summed E-state index contributed by atoms with van der Waals surface area (Å²) in [5, 5.41) is 0. The van der Waals surface area contributed by atoms with Crippen LogP contribution in [-0.2, 0) is 17.1 Å². The average Bonchev–Trinajstić information content (AvgIpc) is 2.58. The van der Waals surface area contributed by atoms with E-state index >= 15 is 0 Å². The largest absolute Gasteiger partial charge is 0.416 e. The maximum absolute atomic E-state index is 12.9. The zero-order valence-electron chi connectivity index (χ0n) is 13.8. The first-order valence-corrected chi connectivity index (χ1v) is 7.62. The van der Waals surface area contributed by atoms with Crippen molar-refractivity contribution >= 4 is 5.57 Å². The van der Waals surface area contributed by atoms with Crippen molar-refractivity contribution in [3.63, 3.8) is 0 Å². The molecular weight excluding hydrogens is 358 g/mol. The Labute approximate surface area is 146 Å². The quantitative estimate of drug-likeness (QED) is 0.542. The first kappa shape index (κ1) is 20.0. The Hall–Kier alpha value is -2.28. The van der Waals surface area contributed by atoms with Crippen molar-refractivity contribution < 1.29 is 31.1 Å². The lowest BCUT2D eigenvalue weighted by Crippen LogP contribution is -2.13. The van der Waals surface area contributed by atoms with Gasteiger partial charge >= 0.3 is 12.4 Å². The van der Waals surface area contributed by atoms with Gasteiger partial charge < -0.3 is 4.74 Å². The molecule has 0 aliphatic carbocycles. The van der Waals surface area contributed by atoms with E-state index in [9.17, 15) is 26.3 Å². The second-order valence-corrected chi connectivity index (χ2v) is 5.76. The lowest BCUT2D eigenvalue weighted by molar-refractivity contribution is -0.143. The molecule has 0 heterocycles. The van der Waals surface area contributed by atoms with Crippen molar-refractivity contribution in [1.82, 2.24) is 0 Å². The van der Waals surface area contributed by atoms with Gasteiger partial charge in [-0.25, -0.2) is 0 Å². The van der Waals surface area contributed by atoms with Gasteiger partial charge in [-0.2, -0.15) is 26.3 Å². The summed E-state index contributed by atoms with van der Waals surface area (Å²) in [5.74, 6) is 0. The van der Waals surface area contributed by atoms with Gasteiger partial charge in [-0.3, -0.25) is 0 Å². The number of alkyl halides is 6. The molecule has 140 valence electrons. The van der Waals surface area contributed by atoms with Crippen LogP contribution in [-0.4, -0.2) is 6.61 Å². The fourth-order valence-electron chi connectivity index (χ4n) is 2.29. The molecule has 0 aliphatic heterocycles. The molecule has 0 spiro atoms. The minimum absolute atomic E-state index is 0.0250. The molecule has 0 N–H and O–H groups in total. The van der Waals surface area contributed by atoms with Crippen LogP contribution >= 0.6 is 0 Å². The molecule has 2 aromatic carbocycles. The second-order valence-electron chi connectivity index (χ2n) is 5.76. The van der Waals surface area contributed by atoms with Crippen molar-refractivity contribution in [2.75, 3.05) is 6.61 Å². The molecule has 2 rings (SSSR count). The lowest BCUT2D eigenvalue weighted by atomic mass is 10.0. The smallest absolute Gasteiger partial charge is 0.369 e. The molecule has 0 bridgehead atoms. The number of hydrogen-bond acceptors (Lipinski definition) is 1. The summed E-state index contributed by atoms with van der Waals surface area (Å²) < 4.78 is 82.9. The summed E-state index contributed by atoms with van der Waals surface area (Å²) in [5.41, 5.74) is -1.58. The van der Waals surface area contributed by atoms with Gasteiger partial charge in [0, 0.05) is 0 Å². The summed E-state index contributed by atoms with van der Waals surface area (Å²) >= 11 is 0. The SMILES string of the molecule is C=C(CO[C@H](C)c1cc(C(F)(F)F)cc(C(F)(F)F)c1)c1ccccc1. The van der Waals surface area contributed by atoms with Gasteiger partial charge in [0.05, 0.1) is 23.8 Å². The summed E-state index contributed by atoms with van der Waals surface area (Å²) in [6.07, 6.45) is -10.7. The molecule has 7 heteroatoms. The van der Waals surface area contributed by atoms with E-state index in [-0.39, 0.29) is 18.2 Å². The fraction of sp³-hybridized carbons (Fsp3) is 0.263. The van der Waals surface area contributed by atoms with Gasteiger partial charge in [0.15, 0.2) is 0 Å². The van der Waals surface area contributed by atoms with Gasteiger partial charge in [0.25, 0.3) is 0 Å². The molecule has 26 heavy (non-hydrogen) atoms. The van der Waals surface area contributed by atoms with Crippen LogP contribution in [0.1, 0.15) is 35.3 Å². The van der Waals surface area contributed by atoms with Crippen molar-refractivity contribution in [2.24, 2.45) is 0 Å². The highest BCUT2D eigenvalue weighted by atomic mass is 19.4. The first-order valence-electron chi connectivity index (χ1n) is 7.62. The predicted octanol–water partition coefficient (Wildman–Crippen LogP) is 6.52. The maximum Gasteiger partial charge on any atom is 0.416 e. The summed E-state index contributed by atoms with van der Waals surface area (Å²) in [4.78, 5) is 0. The molecule has 0 fully saturated rings. The van der Waals surface area contributed by atoms with Gasteiger partial charge in [-0.15, -0.1) is 0 Å². The standard InChI is InChI=1S/C19H16F6O/c1-12(14-6-4-3-5-7-14)11-26-13(2)15-8-16(18(20,21)22)10-17(9-15)19(23,24)25/h3-10,13H,1,11H2,2H3/t13-/m1/s1. The van der Waals surface area contributed by atoms with E-state index < -0.39 is 29.6 Å². The van der Waals surface area contributed by atoms with Gasteiger partial charge in [0.2, 0.25) is 0 Å². The number of ether oxygens (including phenoxy) is 1. The highest BCUT2D eigenvalue weighted by Crippen LogP contribution is 2.38. The van der Waals surface area contributed by atoms with Crippen LogP contribution in [0, 0.1) is 0 Å². The Morgan fingerprint density at radius 1 is 0.923 bits per heavy atom. The minimum Gasteiger partial charge on any atom is -0.369 e. The van der Waals surface area contributed by atoms with Gasteiger partial charge in [-0.1, -0.05) is 36.9 Å². The molecule has 0 saturated carbocycles. The number of hydrogen-bond donors (Lipinski definition) is 0. The third-order valence-corrected chi connectivity index (χ3v) is 3.77. The molecule has 1 atom stereocenters. The Morgan fingerprint density at radius 3 is 1.88 bits per heavy atom. The van der Waals surface area contributed by atoms with Crippen molar-refractivity contribution in [3.05, 3.63) is 77.4 Å². The zero-order chi connectivity index (χ0) is 19.5. The Bertz CT molecular complexity index is 730. The van der Waals surface area contributed by atoms with Crippen LogP contribution < -0.4 is 0 Å². The van der Waals surface area contributed by atoms with E-state index in [1.807, 2.05) is 6.07 Å². The maximum atomic E-state index is 12.9. The van der Waals surface area contributed by atoms with E-state index in [2.05, 4.69) is 6.58 Å². The van der Waals surface area contributed by atoms with Crippen molar-refractivity contribution in [2.45, 2.75) is 25.4 Å². The van der Waals surface area contributed by atoms with Crippen molar-refractivity contribution in [3.8, 4) is 0 Å². The summed E-state index contributed by atoms with van der Waals surface area (Å²) in [6, 6.07) is 10.4. The zero-order valence-corrected chi connectivity index (χ0v) is 13.8. The van der Waals surface area contributed by atoms with Gasteiger partial charge in [-0.05, 0) is 41.8 Å². The van der Waals surface area contributed by atoms with Crippen LogP contribution in [0.25, 0.3) is 5.57 Å². The normalized spacial score (nSPS) is 13.5. The summed E-state index contributed by atoms with van der Waals surface area (Å²) in [6.45, 7) is 5.19. The van der Waals surface area contributed by atoms with E-state index in [1.54, 1.807) is 24.3 Å². The Morgan fingerprint density at radius 2 is 1.42 bits per heavy atom. The highest BCUT2D eigenvalue weighted by molar-refractivity contribution is 5.63. The highest BCUT2D eigenvalue weighted by Gasteiger charge is 2.37. The number of rotatable bonds is 5. The van der Waals surface area contributed by atoms with Crippen LogP contribution in [0.2, 0.25) is 0 Å². The third-order valence-electron chi connectivity index (χ3n) is 3.77. The molecule has 1 nitrogen and oxygen atoms in total. The van der Waals surface area contributed by atoms with Crippen LogP contribution in [0.3, 0.4) is 0 Å². The van der Waals surface area contributed by atoms with E-state index in [1.165, 1.54) is 6.92 Å². The Balaban J connectivity index is 2.22. The molecule has 0 saturated heterocycles. The number of benzene rings is 2. The van der Waals surface area contributed by atoms with Crippen molar-refractivity contribution in [1.29, 1.82) is 0 Å². The predicted molar refractivity (Wildman–Crippen MR) is 86.3 cm³/mol. The van der Waals surface area contributed by atoms with Crippen LogP contribution in [0.15, 0.2) is 55.1 Å². The molecule has 0 aliphatic rings. The molecule has 0 amide bonds. The molecular formula is C19H16F6O. The lowest BCUT2D eigenvalue weighted by Gasteiger charge is -2.19.